The summed E-state index contributed by atoms with van der Waals surface area (Å²) < 4.78 is 5.48. The number of rotatable bonds is 3. The van der Waals surface area contributed by atoms with Gasteiger partial charge in [0, 0.05) is 5.41 Å². The fourth-order valence-corrected chi connectivity index (χ4v) is 11.8. The van der Waals surface area contributed by atoms with Crippen molar-refractivity contribution in [3.05, 3.63) is 47.1 Å². The Hall–Kier alpha value is -2.36. The van der Waals surface area contributed by atoms with Crippen molar-refractivity contribution in [2.24, 2.45) is 56.7 Å². The van der Waals surface area contributed by atoms with Crippen LogP contribution in [0.1, 0.15) is 105 Å². The number of Topliss-reactive ketones (excluding diaryl/α,β-unsaturated/α-hetero) is 1. The number of carbonyl (C=O) groups excluding carboxylic acids is 1. The third kappa shape index (κ3) is 3.78. The highest BCUT2D eigenvalue weighted by Gasteiger charge is 2.70. The molecule has 0 spiro atoms. The summed E-state index contributed by atoms with van der Waals surface area (Å²) in [7, 11) is 1.68. The molecule has 42 heavy (non-hydrogen) atoms. The molecule has 0 saturated heterocycles. The van der Waals surface area contributed by atoms with Gasteiger partial charge in [0.15, 0.2) is 5.78 Å². The van der Waals surface area contributed by atoms with E-state index >= 15 is 0 Å². The molecule has 0 amide bonds. The smallest absolute Gasteiger partial charge is 0.310 e. The molecule has 4 saturated carbocycles. The third-order valence-electron chi connectivity index (χ3n) is 14.4. The van der Waals surface area contributed by atoms with Crippen LogP contribution in [-0.4, -0.2) is 24.0 Å². The summed E-state index contributed by atoms with van der Waals surface area (Å²) in [6.45, 7) is 16.6. The summed E-state index contributed by atoms with van der Waals surface area (Å²) in [6.07, 6.45) is 12.2. The number of hydrogen-bond donors (Lipinski definition) is 1. The Morgan fingerprint density at radius 1 is 1.00 bits per heavy atom. The number of aliphatic carboxylic acids is 1. The average Bonchev–Trinajstić information content (AvgIpc) is 2.94. The topological polar surface area (TPSA) is 63.6 Å². The van der Waals surface area contributed by atoms with Gasteiger partial charge < -0.3 is 9.84 Å². The molecule has 0 aromatic heterocycles. The maximum Gasteiger partial charge on any atom is 0.310 e. The molecule has 5 aliphatic rings. The van der Waals surface area contributed by atoms with Gasteiger partial charge >= 0.3 is 5.97 Å². The predicted octanol–water partition coefficient (Wildman–Crippen LogP) is 9.00. The number of hydrogen-bond acceptors (Lipinski definition) is 3. The number of methoxy groups -OCH3 is 1. The van der Waals surface area contributed by atoms with Crippen LogP contribution in [0.15, 0.2) is 41.5 Å². The molecule has 4 fully saturated rings. The molecule has 0 unspecified atom stereocenters. The van der Waals surface area contributed by atoms with Gasteiger partial charge in [0.25, 0.3) is 0 Å². The van der Waals surface area contributed by atoms with E-state index in [4.69, 9.17) is 4.74 Å². The van der Waals surface area contributed by atoms with E-state index < -0.39 is 16.8 Å². The van der Waals surface area contributed by atoms with Crippen LogP contribution in [0.25, 0.3) is 6.08 Å². The Labute approximate surface area is 253 Å². The molecule has 0 bridgehead atoms. The minimum atomic E-state index is -0.618. The second-order valence-electron chi connectivity index (χ2n) is 16.3. The number of carbonyl (C=O) groups is 2. The number of fused-ring (bicyclic) bond motifs is 7. The molecule has 0 heterocycles. The molecule has 5 aliphatic carbocycles. The van der Waals surface area contributed by atoms with E-state index in [1.807, 2.05) is 18.2 Å². The summed E-state index contributed by atoms with van der Waals surface area (Å²) >= 11 is 0. The van der Waals surface area contributed by atoms with Gasteiger partial charge in [-0.25, -0.2) is 0 Å². The first-order chi connectivity index (χ1) is 19.7. The highest BCUT2D eigenvalue weighted by Crippen LogP contribution is 2.75. The minimum Gasteiger partial charge on any atom is -0.497 e. The van der Waals surface area contributed by atoms with Crippen molar-refractivity contribution in [3.63, 3.8) is 0 Å². The van der Waals surface area contributed by atoms with E-state index in [1.54, 1.807) is 7.11 Å². The Morgan fingerprint density at radius 3 is 2.43 bits per heavy atom. The number of benzene rings is 1. The monoisotopic (exact) mass is 572 g/mol. The molecule has 228 valence electrons. The van der Waals surface area contributed by atoms with Crippen LogP contribution >= 0.6 is 0 Å². The molecule has 0 aliphatic heterocycles. The van der Waals surface area contributed by atoms with Crippen molar-refractivity contribution in [1.29, 1.82) is 0 Å². The average molecular weight is 573 g/mol. The zero-order chi connectivity index (χ0) is 30.5. The third-order valence-corrected chi connectivity index (χ3v) is 14.4. The molecule has 9 atom stereocenters. The lowest BCUT2D eigenvalue weighted by Gasteiger charge is -2.70. The van der Waals surface area contributed by atoms with Crippen LogP contribution < -0.4 is 4.74 Å². The first-order valence-corrected chi connectivity index (χ1v) is 16.5. The summed E-state index contributed by atoms with van der Waals surface area (Å²) in [4.78, 5) is 27.1. The van der Waals surface area contributed by atoms with Crippen LogP contribution in [0.3, 0.4) is 0 Å². The van der Waals surface area contributed by atoms with Crippen LogP contribution in [-0.2, 0) is 9.59 Å². The summed E-state index contributed by atoms with van der Waals surface area (Å²) in [5.41, 5.74) is 2.40. The number of ketones is 1. The van der Waals surface area contributed by atoms with Gasteiger partial charge in [-0.2, -0.15) is 0 Å². The van der Waals surface area contributed by atoms with Gasteiger partial charge in [-0.3, -0.25) is 9.59 Å². The molecule has 4 heteroatoms. The second-order valence-corrected chi connectivity index (χ2v) is 16.3. The highest BCUT2D eigenvalue weighted by molar-refractivity contribution is 6.04. The molecule has 1 N–H and O–H groups in total. The lowest BCUT2D eigenvalue weighted by molar-refractivity contribution is -0.185. The van der Waals surface area contributed by atoms with Gasteiger partial charge in [-0.15, -0.1) is 0 Å². The Balaban J connectivity index is 1.45. The van der Waals surface area contributed by atoms with Crippen LogP contribution in [0, 0.1) is 56.7 Å². The van der Waals surface area contributed by atoms with Gasteiger partial charge in [0.05, 0.1) is 12.5 Å². The lowest BCUT2D eigenvalue weighted by Crippen LogP contribution is -2.65. The van der Waals surface area contributed by atoms with E-state index in [2.05, 4.69) is 66.7 Å². The SMILES string of the molecule is COc1cccc(/C=C2\C[C@]3(C)[C@H]4CC=C5[C@@H]6[C@@H](C)[C@H](C)CC[C@]6(C(=O)O)CC[C@@]5(C)[C@]4(C)CC[C@H]3C(C)(C)C2=O)c1. The lowest BCUT2D eigenvalue weighted by atomic mass is 9.33. The van der Waals surface area contributed by atoms with Gasteiger partial charge in [-0.1, -0.05) is 72.2 Å². The van der Waals surface area contributed by atoms with Crippen molar-refractivity contribution in [1.82, 2.24) is 0 Å². The normalized spacial score (nSPS) is 45.1. The molecular formula is C38H52O4. The first kappa shape index (κ1) is 29.7. The number of allylic oxidation sites excluding steroid dienone is 3. The Kier molecular flexibility index (Phi) is 6.77. The minimum absolute atomic E-state index is 0.0209. The first-order valence-electron chi connectivity index (χ1n) is 16.5. The van der Waals surface area contributed by atoms with Crippen molar-refractivity contribution in [2.75, 3.05) is 7.11 Å². The fourth-order valence-electron chi connectivity index (χ4n) is 11.8. The summed E-state index contributed by atoms with van der Waals surface area (Å²) in [5, 5.41) is 10.7. The molecule has 1 aromatic carbocycles. The standard InChI is InChI=1S/C38H52O4/c1-23-14-17-38(33(40)41)19-18-36(6)28(31(38)24(23)2)12-13-30-35(5)22-26(20-25-10-9-11-27(21-25)42-8)32(39)34(3,4)29(35)15-16-37(30,36)7/h9-12,20-21,23-24,29-31H,13-19,22H2,1-8H3,(H,40,41)/b26-20+/t23-,24+,29+,30-,31+,35+,36-,37-,38+/m1/s1. The summed E-state index contributed by atoms with van der Waals surface area (Å²) in [5.74, 6) is 2.32. The van der Waals surface area contributed by atoms with E-state index in [1.165, 1.54) is 5.57 Å². The predicted molar refractivity (Wildman–Crippen MR) is 168 cm³/mol. The maximum absolute atomic E-state index is 14.1. The zero-order valence-electron chi connectivity index (χ0n) is 27.2. The van der Waals surface area contributed by atoms with Crippen molar-refractivity contribution < 1.29 is 19.4 Å². The van der Waals surface area contributed by atoms with Gasteiger partial charge in [0.1, 0.15) is 5.75 Å². The Bertz CT molecular complexity index is 1370. The van der Waals surface area contributed by atoms with Gasteiger partial charge in [-0.05, 0) is 127 Å². The van der Waals surface area contributed by atoms with E-state index in [0.717, 1.165) is 68.3 Å². The van der Waals surface area contributed by atoms with E-state index in [9.17, 15) is 14.7 Å². The second kappa shape index (κ2) is 9.57. The summed E-state index contributed by atoms with van der Waals surface area (Å²) in [6, 6.07) is 8.02. The quantitative estimate of drug-likeness (QED) is 0.290. The van der Waals surface area contributed by atoms with Gasteiger partial charge in [0.2, 0.25) is 0 Å². The van der Waals surface area contributed by atoms with E-state index in [-0.39, 0.29) is 22.2 Å². The van der Waals surface area contributed by atoms with E-state index in [0.29, 0.717) is 29.5 Å². The number of carboxylic acids is 1. The molecule has 1 aromatic rings. The molecule has 4 nitrogen and oxygen atoms in total. The molecule has 0 radical (unpaired) electrons. The highest BCUT2D eigenvalue weighted by atomic mass is 16.5. The fraction of sp³-hybridized carbons (Fsp3) is 0.684. The van der Waals surface area contributed by atoms with Crippen molar-refractivity contribution >= 4 is 17.8 Å². The van der Waals surface area contributed by atoms with Crippen LogP contribution in [0.4, 0.5) is 0 Å². The Morgan fingerprint density at radius 2 is 1.74 bits per heavy atom. The zero-order valence-corrected chi connectivity index (χ0v) is 27.2. The van der Waals surface area contributed by atoms with Crippen molar-refractivity contribution in [2.45, 2.75) is 99.8 Å². The largest absolute Gasteiger partial charge is 0.497 e. The molecular weight excluding hydrogens is 520 g/mol. The molecule has 6 rings (SSSR count). The van der Waals surface area contributed by atoms with Crippen molar-refractivity contribution in [3.8, 4) is 5.75 Å². The maximum atomic E-state index is 14.1. The van der Waals surface area contributed by atoms with Crippen LogP contribution in [0.5, 0.6) is 5.75 Å². The number of ether oxygens (including phenoxy) is 1. The van der Waals surface area contributed by atoms with Crippen LogP contribution in [0.2, 0.25) is 0 Å². The number of carboxylic acid groups (broad SMARTS) is 1.